The summed E-state index contributed by atoms with van der Waals surface area (Å²) in [4.78, 5) is 12.6. The van der Waals surface area contributed by atoms with Gasteiger partial charge in [0.15, 0.2) is 0 Å². The Balaban J connectivity index is 2.05. The fourth-order valence-corrected chi connectivity index (χ4v) is 2.74. The average molecular weight is 296 g/mol. The van der Waals surface area contributed by atoms with Crippen LogP contribution in [0, 0.1) is 0 Å². The van der Waals surface area contributed by atoms with E-state index < -0.39 is 18.0 Å². The first-order chi connectivity index (χ1) is 9.94. The first-order valence-electron chi connectivity index (χ1n) is 7.13. The van der Waals surface area contributed by atoms with Crippen LogP contribution in [0.25, 0.3) is 0 Å². The summed E-state index contributed by atoms with van der Waals surface area (Å²) in [5.41, 5.74) is 0.186. The molecule has 1 fully saturated rings. The number of carbonyl (C=O) groups is 1. The first-order valence-corrected chi connectivity index (χ1v) is 7.13. The van der Waals surface area contributed by atoms with E-state index in [-0.39, 0.29) is 24.6 Å². The fourth-order valence-electron chi connectivity index (χ4n) is 2.74. The molecule has 0 spiro atoms. The van der Waals surface area contributed by atoms with E-state index in [9.17, 15) is 19.4 Å². The molecule has 0 aliphatic carbocycles. The summed E-state index contributed by atoms with van der Waals surface area (Å²) in [5, 5.41) is 22.4. The molecule has 1 aromatic rings. The van der Waals surface area contributed by atoms with E-state index in [1.54, 1.807) is 18.2 Å². The van der Waals surface area contributed by atoms with Gasteiger partial charge in [-0.2, -0.15) is 0 Å². The van der Waals surface area contributed by atoms with Crippen molar-refractivity contribution in [3.05, 3.63) is 35.9 Å². The summed E-state index contributed by atoms with van der Waals surface area (Å²) in [5.74, 6) is -2.47. The quantitative estimate of drug-likeness (QED) is 0.794. The number of amides is 1. The number of rotatable bonds is 4. The lowest BCUT2D eigenvalue weighted by molar-refractivity contribution is -0.112. The summed E-state index contributed by atoms with van der Waals surface area (Å²) in [6, 6.07) is 7.58. The number of halogens is 1. The Bertz CT molecular complexity index is 481. The molecule has 0 aromatic heterocycles. The molecule has 116 valence electrons. The molecule has 2 rings (SSSR count). The molecule has 0 saturated carbocycles. The van der Waals surface area contributed by atoms with Crippen molar-refractivity contribution >= 4 is 6.09 Å². The lowest BCUT2D eigenvalue weighted by atomic mass is 9.97. The lowest BCUT2D eigenvalue weighted by Crippen LogP contribution is -2.58. The SMILES string of the molecule is CCC1CNC(CC(O)(F)c2ccccc2)CN1C(=O)O. The van der Waals surface area contributed by atoms with Gasteiger partial charge in [-0.3, -0.25) is 0 Å². The third-order valence-corrected chi connectivity index (χ3v) is 3.95. The molecule has 3 unspecified atom stereocenters. The van der Waals surface area contributed by atoms with E-state index in [0.717, 1.165) is 0 Å². The van der Waals surface area contributed by atoms with Crippen LogP contribution in [-0.4, -0.2) is 46.4 Å². The highest BCUT2D eigenvalue weighted by Gasteiger charge is 2.37. The van der Waals surface area contributed by atoms with Crippen molar-refractivity contribution in [3.8, 4) is 0 Å². The number of alkyl halides is 1. The van der Waals surface area contributed by atoms with E-state index in [1.165, 1.54) is 17.0 Å². The molecule has 1 heterocycles. The minimum atomic E-state index is -2.47. The number of benzene rings is 1. The third kappa shape index (κ3) is 3.71. The van der Waals surface area contributed by atoms with Crippen LogP contribution in [0.2, 0.25) is 0 Å². The molecule has 1 amide bonds. The van der Waals surface area contributed by atoms with Crippen LogP contribution in [0.4, 0.5) is 9.18 Å². The second-order valence-electron chi connectivity index (χ2n) is 5.43. The number of carboxylic acid groups (broad SMARTS) is 1. The van der Waals surface area contributed by atoms with Gasteiger partial charge in [0.25, 0.3) is 0 Å². The van der Waals surface area contributed by atoms with Gasteiger partial charge < -0.3 is 20.4 Å². The van der Waals surface area contributed by atoms with Crippen LogP contribution < -0.4 is 5.32 Å². The van der Waals surface area contributed by atoms with Gasteiger partial charge in [-0.05, 0) is 6.42 Å². The van der Waals surface area contributed by atoms with Crippen molar-refractivity contribution in [1.29, 1.82) is 0 Å². The second-order valence-corrected chi connectivity index (χ2v) is 5.43. The van der Waals surface area contributed by atoms with Gasteiger partial charge in [-0.1, -0.05) is 37.3 Å². The Morgan fingerprint density at radius 2 is 2.14 bits per heavy atom. The Labute approximate surface area is 123 Å². The highest BCUT2D eigenvalue weighted by molar-refractivity contribution is 5.65. The summed E-state index contributed by atoms with van der Waals surface area (Å²) in [6.45, 7) is 2.56. The zero-order chi connectivity index (χ0) is 15.5. The van der Waals surface area contributed by atoms with Gasteiger partial charge in [0.2, 0.25) is 5.85 Å². The molecule has 1 aliphatic heterocycles. The van der Waals surface area contributed by atoms with E-state index in [2.05, 4.69) is 5.32 Å². The van der Waals surface area contributed by atoms with Crippen LogP contribution >= 0.6 is 0 Å². The predicted octanol–water partition coefficient (Wildman–Crippen LogP) is 1.92. The van der Waals surface area contributed by atoms with Crippen LogP contribution in [0.5, 0.6) is 0 Å². The number of aliphatic hydroxyl groups is 1. The van der Waals surface area contributed by atoms with E-state index in [0.29, 0.717) is 13.0 Å². The lowest BCUT2D eigenvalue weighted by Gasteiger charge is -2.39. The normalized spacial score (nSPS) is 25.4. The molecule has 5 nitrogen and oxygen atoms in total. The van der Waals surface area contributed by atoms with Crippen molar-refractivity contribution in [2.75, 3.05) is 13.1 Å². The molecule has 6 heteroatoms. The van der Waals surface area contributed by atoms with Crippen LogP contribution in [0.3, 0.4) is 0 Å². The molecule has 0 bridgehead atoms. The smallest absolute Gasteiger partial charge is 0.407 e. The molecule has 1 saturated heterocycles. The highest BCUT2D eigenvalue weighted by Crippen LogP contribution is 2.29. The molecule has 0 radical (unpaired) electrons. The topological polar surface area (TPSA) is 72.8 Å². The summed E-state index contributed by atoms with van der Waals surface area (Å²) >= 11 is 0. The van der Waals surface area contributed by atoms with Crippen molar-refractivity contribution in [3.63, 3.8) is 0 Å². The number of piperazine rings is 1. The van der Waals surface area contributed by atoms with Crippen LogP contribution in [-0.2, 0) is 5.85 Å². The van der Waals surface area contributed by atoms with Gasteiger partial charge in [-0.25, -0.2) is 9.18 Å². The number of nitrogens with zero attached hydrogens (tertiary/aromatic N) is 1. The average Bonchev–Trinajstić information content (AvgIpc) is 2.47. The molecule has 3 atom stereocenters. The summed E-state index contributed by atoms with van der Waals surface area (Å²) < 4.78 is 14.5. The predicted molar refractivity (Wildman–Crippen MR) is 76.7 cm³/mol. The van der Waals surface area contributed by atoms with Gasteiger partial charge >= 0.3 is 6.09 Å². The van der Waals surface area contributed by atoms with Crippen LogP contribution in [0.15, 0.2) is 30.3 Å². The van der Waals surface area contributed by atoms with E-state index in [4.69, 9.17) is 0 Å². The Morgan fingerprint density at radius 3 is 2.71 bits per heavy atom. The zero-order valence-corrected chi connectivity index (χ0v) is 12.0. The monoisotopic (exact) mass is 296 g/mol. The summed E-state index contributed by atoms with van der Waals surface area (Å²) in [7, 11) is 0. The molecule has 1 aliphatic rings. The molecule has 21 heavy (non-hydrogen) atoms. The van der Waals surface area contributed by atoms with Gasteiger partial charge in [0, 0.05) is 37.2 Å². The maximum atomic E-state index is 14.5. The van der Waals surface area contributed by atoms with Crippen molar-refractivity contribution in [1.82, 2.24) is 10.2 Å². The minimum absolute atomic E-state index is 0.108. The standard InChI is InChI=1S/C15H21FN2O3/c1-2-13-9-17-12(10-18(13)14(19)20)8-15(16,21)11-6-4-3-5-7-11/h3-7,12-13,17,21H,2,8-10H2,1H3,(H,19,20). The molecule has 1 aromatic carbocycles. The maximum absolute atomic E-state index is 14.5. The number of hydrogen-bond acceptors (Lipinski definition) is 3. The summed E-state index contributed by atoms with van der Waals surface area (Å²) in [6.07, 6.45) is -0.489. The second kappa shape index (κ2) is 6.41. The number of hydrogen-bond donors (Lipinski definition) is 3. The van der Waals surface area contributed by atoms with Crippen LogP contribution in [0.1, 0.15) is 25.3 Å². The van der Waals surface area contributed by atoms with Crippen molar-refractivity contribution in [2.45, 2.75) is 37.7 Å². The third-order valence-electron chi connectivity index (χ3n) is 3.95. The van der Waals surface area contributed by atoms with E-state index >= 15 is 0 Å². The largest absolute Gasteiger partial charge is 0.465 e. The molecule has 3 N–H and O–H groups in total. The maximum Gasteiger partial charge on any atom is 0.407 e. The Kier molecular flexibility index (Phi) is 4.80. The number of nitrogens with one attached hydrogen (secondary N) is 1. The fraction of sp³-hybridized carbons (Fsp3) is 0.533. The van der Waals surface area contributed by atoms with Crippen molar-refractivity contribution < 1.29 is 19.4 Å². The van der Waals surface area contributed by atoms with Gasteiger partial charge in [0.1, 0.15) is 0 Å². The van der Waals surface area contributed by atoms with Gasteiger partial charge in [0.05, 0.1) is 0 Å². The van der Waals surface area contributed by atoms with Crippen molar-refractivity contribution in [2.24, 2.45) is 0 Å². The first kappa shape index (κ1) is 15.7. The Hall–Kier alpha value is -1.66. The molecular formula is C15H21FN2O3. The van der Waals surface area contributed by atoms with E-state index in [1.807, 2.05) is 6.92 Å². The molecular weight excluding hydrogens is 275 g/mol. The highest BCUT2D eigenvalue weighted by atomic mass is 19.2. The zero-order valence-electron chi connectivity index (χ0n) is 12.0. The van der Waals surface area contributed by atoms with Gasteiger partial charge in [-0.15, -0.1) is 0 Å². The Morgan fingerprint density at radius 1 is 1.48 bits per heavy atom. The minimum Gasteiger partial charge on any atom is -0.465 e.